The van der Waals surface area contributed by atoms with Gasteiger partial charge in [-0.25, -0.2) is 8.78 Å². The number of ether oxygens (including phenoxy) is 2. The normalized spacial score (nSPS) is 10.9. The third-order valence-electron chi connectivity index (χ3n) is 4.74. The van der Waals surface area contributed by atoms with E-state index < -0.39 is 17.4 Å². The van der Waals surface area contributed by atoms with Crippen molar-refractivity contribution < 1.29 is 18.3 Å². The Labute approximate surface area is 169 Å². The van der Waals surface area contributed by atoms with Crippen LogP contribution in [0.5, 0.6) is 5.75 Å². The Balaban J connectivity index is 2.14. The number of benzene rings is 2. The fourth-order valence-electron chi connectivity index (χ4n) is 3.16. The first-order valence-corrected chi connectivity index (χ1v) is 9.41. The molecule has 6 heteroatoms. The topological polar surface area (TPSA) is 57.4 Å². The fourth-order valence-corrected chi connectivity index (χ4v) is 3.16. The second kappa shape index (κ2) is 9.01. The van der Waals surface area contributed by atoms with Crippen LogP contribution in [0.15, 0.2) is 42.6 Å². The maximum absolute atomic E-state index is 14.3. The molecule has 2 N–H and O–H groups in total. The van der Waals surface area contributed by atoms with Crippen LogP contribution in [0.25, 0.3) is 22.4 Å². The van der Waals surface area contributed by atoms with E-state index in [-0.39, 0.29) is 0 Å². The number of halogens is 2. The number of aromatic nitrogens is 1. The number of nitrogen functional groups attached to an aromatic ring is 1. The molecule has 0 fully saturated rings. The van der Waals surface area contributed by atoms with Gasteiger partial charge in [0.2, 0.25) is 0 Å². The first-order valence-electron chi connectivity index (χ1n) is 9.41. The molecule has 0 saturated carbocycles. The summed E-state index contributed by atoms with van der Waals surface area (Å²) in [5, 5.41) is 0. The van der Waals surface area contributed by atoms with Crippen molar-refractivity contribution in [3.8, 4) is 28.1 Å². The predicted molar refractivity (Wildman–Crippen MR) is 111 cm³/mol. The minimum Gasteiger partial charge on any atom is -0.491 e. The highest BCUT2D eigenvalue weighted by Gasteiger charge is 2.17. The molecule has 0 radical (unpaired) electrons. The Morgan fingerprint density at radius 2 is 1.76 bits per heavy atom. The average molecular weight is 398 g/mol. The van der Waals surface area contributed by atoms with Crippen LogP contribution in [-0.2, 0) is 11.2 Å². The van der Waals surface area contributed by atoms with Gasteiger partial charge in [0.15, 0.2) is 17.4 Å². The van der Waals surface area contributed by atoms with Gasteiger partial charge in [-0.1, -0.05) is 6.07 Å². The van der Waals surface area contributed by atoms with E-state index in [4.69, 9.17) is 15.2 Å². The Morgan fingerprint density at radius 3 is 2.38 bits per heavy atom. The van der Waals surface area contributed by atoms with Crippen LogP contribution >= 0.6 is 0 Å². The van der Waals surface area contributed by atoms with Crippen LogP contribution in [0.1, 0.15) is 18.1 Å². The first kappa shape index (κ1) is 20.7. The van der Waals surface area contributed by atoms with E-state index in [9.17, 15) is 8.78 Å². The molecule has 1 heterocycles. The number of anilines is 1. The van der Waals surface area contributed by atoms with Crippen molar-refractivity contribution in [2.45, 2.75) is 20.3 Å². The zero-order valence-corrected chi connectivity index (χ0v) is 16.8. The molecule has 0 bridgehead atoms. The van der Waals surface area contributed by atoms with E-state index in [0.29, 0.717) is 36.6 Å². The Bertz CT molecular complexity index is 999. The Hall–Kier alpha value is -2.99. The molecule has 29 heavy (non-hydrogen) atoms. The second-order valence-electron chi connectivity index (χ2n) is 6.73. The molecule has 0 spiro atoms. The van der Waals surface area contributed by atoms with Gasteiger partial charge in [-0.05, 0) is 67.3 Å². The second-order valence-corrected chi connectivity index (χ2v) is 6.73. The first-order chi connectivity index (χ1) is 13.9. The Morgan fingerprint density at radius 1 is 1.03 bits per heavy atom. The highest BCUT2D eigenvalue weighted by atomic mass is 19.1. The van der Waals surface area contributed by atoms with Gasteiger partial charge in [-0.15, -0.1) is 0 Å². The van der Waals surface area contributed by atoms with Gasteiger partial charge in [-0.2, -0.15) is 0 Å². The summed E-state index contributed by atoms with van der Waals surface area (Å²) < 4.78 is 38.8. The van der Waals surface area contributed by atoms with E-state index in [0.717, 1.165) is 22.3 Å². The van der Waals surface area contributed by atoms with Gasteiger partial charge in [0.1, 0.15) is 0 Å². The van der Waals surface area contributed by atoms with Crippen molar-refractivity contribution in [3.63, 3.8) is 0 Å². The number of rotatable bonds is 7. The van der Waals surface area contributed by atoms with E-state index >= 15 is 0 Å². The third-order valence-corrected chi connectivity index (χ3v) is 4.74. The molecule has 0 aliphatic rings. The zero-order valence-electron chi connectivity index (χ0n) is 16.8. The summed E-state index contributed by atoms with van der Waals surface area (Å²) in [5.41, 5.74) is 11.0. The van der Waals surface area contributed by atoms with Gasteiger partial charge in [0.05, 0.1) is 19.4 Å². The molecular weight excluding hydrogens is 374 g/mol. The lowest BCUT2D eigenvalue weighted by atomic mass is 9.95. The van der Waals surface area contributed by atoms with Gasteiger partial charge >= 0.3 is 0 Å². The molecule has 2 aromatic carbocycles. The molecular formula is C23H24F2N2O2. The van der Waals surface area contributed by atoms with Crippen molar-refractivity contribution in [2.75, 3.05) is 26.1 Å². The van der Waals surface area contributed by atoms with E-state index in [1.165, 1.54) is 19.2 Å². The molecule has 3 rings (SSSR count). The van der Waals surface area contributed by atoms with Crippen molar-refractivity contribution in [1.29, 1.82) is 0 Å². The quantitative estimate of drug-likeness (QED) is 0.441. The highest BCUT2D eigenvalue weighted by Crippen LogP contribution is 2.35. The zero-order chi connectivity index (χ0) is 21.0. The minimum absolute atomic E-state index is 0.335. The lowest BCUT2D eigenvalue weighted by Crippen LogP contribution is -2.01. The molecule has 1 aromatic heterocycles. The molecule has 0 atom stereocenters. The molecule has 0 aliphatic heterocycles. The maximum Gasteiger partial charge on any atom is 0.190 e. The SMILES string of the molecule is CCOCCc1cnc(-c2cc(F)c(OC)c(F)c2)c(-c2ccc(N)c(C)c2)c1. The number of nitrogens with zero attached hydrogens (tertiary/aromatic N) is 1. The molecule has 0 unspecified atom stereocenters. The standard InChI is InChI=1S/C23H24F2N2O2/c1-4-29-8-7-15-10-18(16-5-6-21(26)14(2)9-16)22(27-13-15)17-11-19(24)23(28-3)20(25)12-17/h5-6,9-13H,4,7-8,26H2,1-3H3. The van der Waals surface area contributed by atoms with Crippen LogP contribution in [0.2, 0.25) is 0 Å². The fraction of sp³-hybridized carbons (Fsp3) is 0.261. The summed E-state index contributed by atoms with van der Waals surface area (Å²) in [6, 6.07) is 10.1. The van der Waals surface area contributed by atoms with E-state index in [2.05, 4.69) is 4.98 Å². The van der Waals surface area contributed by atoms with Crippen molar-refractivity contribution >= 4 is 5.69 Å². The Kier molecular flexibility index (Phi) is 6.44. The summed E-state index contributed by atoms with van der Waals surface area (Å²) in [6.45, 7) is 5.07. The minimum atomic E-state index is -0.774. The number of hydrogen-bond donors (Lipinski definition) is 1. The van der Waals surface area contributed by atoms with Crippen LogP contribution in [0, 0.1) is 18.6 Å². The number of pyridine rings is 1. The summed E-state index contributed by atoms with van der Waals surface area (Å²) in [4.78, 5) is 4.53. The summed E-state index contributed by atoms with van der Waals surface area (Å²) in [6.07, 6.45) is 2.40. The summed E-state index contributed by atoms with van der Waals surface area (Å²) >= 11 is 0. The van der Waals surface area contributed by atoms with Gasteiger partial charge in [0, 0.05) is 29.6 Å². The van der Waals surface area contributed by atoms with Crippen molar-refractivity contribution in [1.82, 2.24) is 4.98 Å². The van der Waals surface area contributed by atoms with Crippen LogP contribution < -0.4 is 10.5 Å². The molecule has 0 amide bonds. The summed E-state index contributed by atoms with van der Waals surface area (Å²) in [5.74, 6) is -1.96. The van der Waals surface area contributed by atoms with Crippen molar-refractivity contribution in [3.05, 3.63) is 65.4 Å². The molecule has 152 valence electrons. The van der Waals surface area contributed by atoms with Crippen LogP contribution in [0.4, 0.5) is 14.5 Å². The van der Waals surface area contributed by atoms with E-state index in [1.807, 2.05) is 38.1 Å². The van der Waals surface area contributed by atoms with Crippen LogP contribution in [0.3, 0.4) is 0 Å². The molecule has 0 aliphatic carbocycles. The van der Waals surface area contributed by atoms with Crippen molar-refractivity contribution in [2.24, 2.45) is 0 Å². The highest BCUT2D eigenvalue weighted by molar-refractivity contribution is 5.82. The number of hydrogen-bond acceptors (Lipinski definition) is 4. The number of nitrogens with two attached hydrogens (primary N) is 1. The van der Waals surface area contributed by atoms with Gasteiger partial charge in [0.25, 0.3) is 0 Å². The van der Waals surface area contributed by atoms with Crippen LogP contribution in [-0.4, -0.2) is 25.3 Å². The largest absolute Gasteiger partial charge is 0.491 e. The number of methoxy groups -OCH3 is 1. The predicted octanol–water partition coefficient (Wildman–Crippen LogP) is 5.17. The summed E-state index contributed by atoms with van der Waals surface area (Å²) in [7, 11) is 1.23. The molecule has 3 aromatic rings. The van der Waals surface area contributed by atoms with Gasteiger partial charge < -0.3 is 15.2 Å². The average Bonchev–Trinajstić information content (AvgIpc) is 2.70. The number of aryl methyl sites for hydroxylation is 1. The van der Waals surface area contributed by atoms with E-state index in [1.54, 1.807) is 6.20 Å². The lowest BCUT2D eigenvalue weighted by Gasteiger charge is -2.14. The molecule has 4 nitrogen and oxygen atoms in total. The van der Waals surface area contributed by atoms with Gasteiger partial charge in [-0.3, -0.25) is 4.98 Å². The monoisotopic (exact) mass is 398 g/mol. The lowest BCUT2D eigenvalue weighted by molar-refractivity contribution is 0.151. The maximum atomic E-state index is 14.3. The third kappa shape index (κ3) is 4.54. The molecule has 0 saturated heterocycles. The smallest absolute Gasteiger partial charge is 0.190 e.